The molecule has 1 amide bonds. The number of hydrogen-bond donors (Lipinski definition) is 2. The molecule has 2 aromatic carbocycles. The Balaban J connectivity index is 1.87. The van der Waals surface area contributed by atoms with Crippen LogP contribution in [0, 0.1) is 0 Å². The van der Waals surface area contributed by atoms with E-state index in [2.05, 4.69) is 4.98 Å². The number of hydrogen-bond acceptors (Lipinski definition) is 5. The van der Waals surface area contributed by atoms with Crippen LogP contribution in [0.2, 0.25) is 0 Å². The summed E-state index contributed by atoms with van der Waals surface area (Å²) in [4.78, 5) is 41.6. The largest absolute Gasteiger partial charge is 0.484 e. The van der Waals surface area contributed by atoms with E-state index < -0.39 is 17.2 Å². The molecule has 0 atom stereocenters. The number of anilines is 2. The highest BCUT2D eigenvalue weighted by Crippen LogP contribution is 2.22. The number of ether oxygens (including phenoxy) is 1. The molecule has 3 N–H and O–H groups in total. The van der Waals surface area contributed by atoms with Crippen molar-refractivity contribution in [2.75, 3.05) is 23.8 Å². The molecule has 32 heavy (non-hydrogen) atoms. The summed E-state index contributed by atoms with van der Waals surface area (Å²) in [5.74, 6) is 0.161. The molecule has 0 saturated heterocycles. The Hall–Kier alpha value is -3.55. The van der Waals surface area contributed by atoms with Gasteiger partial charge in [0.05, 0.1) is 0 Å². The molecule has 3 rings (SSSR count). The summed E-state index contributed by atoms with van der Waals surface area (Å²) in [6.07, 6.45) is 3.08. The molecule has 0 aliphatic heterocycles. The summed E-state index contributed by atoms with van der Waals surface area (Å²) in [6, 6.07) is 13.5. The fourth-order valence-electron chi connectivity index (χ4n) is 3.53. The fourth-order valence-corrected chi connectivity index (χ4v) is 3.53. The Labute approximate surface area is 186 Å². The van der Waals surface area contributed by atoms with Gasteiger partial charge in [0.25, 0.3) is 11.5 Å². The van der Waals surface area contributed by atoms with Gasteiger partial charge in [-0.25, -0.2) is 4.79 Å². The molecule has 0 saturated carbocycles. The van der Waals surface area contributed by atoms with E-state index in [0.29, 0.717) is 25.3 Å². The van der Waals surface area contributed by atoms with Gasteiger partial charge in [0.2, 0.25) is 0 Å². The van der Waals surface area contributed by atoms with Crippen molar-refractivity contribution >= 4 is 28.2 Å². The number of fused-ring (bicyclic) bond motifs is 1. The number of aromatic nitrogens is 2. The van der Waals surface area contributed by atoms with Crippen LogP contribution in [0.25, 0.3) is 10.8 Å². The monoisotopic (exact) mass is 438 g/mol. The Morgan fingerprint density at radius 3 is 2.50 bits per heavy atom. The zero-order valence-electron chi connectivity index (χ0n) is 18.6. The molecule has 8 heteroatoms. The van der Waals surface area contributed by atoms with Gasteiger partial charge in [0, 0.05) is 13.1 Å². The predicted octanol–water partition coefficient (Wildman–Crippen LogP) is 3.28. The molecular formula is C24H30N4O4. The van der Waals surface area contributed by atoms with Crippen LogP contribution in [-0.2, 0) is 11.3 Å². The van der Waals surface area contributed by atoms with E-state index in [1.165, 1.54) is 9.47 Å². The summed E-state index contributed by atoms with van der Waals surface area (Å²) in [6.45, 7) is 4.40. The topological polar surface area (TPSA) is 110 Å². The third-order valence-corrected chi connectivity index (χ3v) is 5.34. The number of amides is 1. The number of nitrogen functional groups attached to an aromatic ring is 1. The molecule has 1 heterocycles. The van der Waals surface area contributed by atoms with Gasteiger partial charge in [-0.1, -0.05) is 57.0 Å². The molecule has 0 bridgehead atoms. The molecule has 1 aromatic heterocycles. The minimum Gasteiger partial charge on any atom is -0.484 e. The zero-order valence-corrected chi connectivity index (χ0v) is 18.6. The Morgan fingerprint density at radius 2 is 1.78 bits per heavy atom. The van der Waals surface area contributed by atoms with Gasteiger partial charge in [0.1, 0.15) is 11.6 Å². The number of rotatable bonds is 10. The van der Waals surface area contributed by atoms with Gasteiger partial charge < -0.3 is 15.4 Å². The lowest BCUT2D eigenvalue weighted by molar-refractivity contribution is -0.120. The van der Waals surface area contributed by atoms with Crippen LogP contribution in [0.4, 0.5) is 11.5 Å². The van der Waals surface area contributed by atoms with Gasteiger partial charge in [0.15, 0.2) is 12.3 Å². The minimum absolute atomic E-state index is 0.00117. The van der Waals surface area contributed by atoms with Crippen molar-refractivity contribution in [2.45, 2.75) is 46.1 Å². The SMILES string of the molecule is CCCCN(C(=O)COc1ccc2ccccc2c1)c1c(N)n(CCCC)c(=O)[nH]c1=O. The van der Waals surface area contributed by atoms with E-state index in [0.717, 1.165) is 30.0 Å². The smallest absolute Gasteiger partial charge is 0.330 e. The Kier molecular flexibility index (Phi) is 7.70. The molecule has 3 aromatic rings. The number of nitrogens with two attached hydrogens (primary N) is 1. The highest BCUT2D eigenvalue weighted by Gasteiger charge is 2.24. The number of H-pyrrole nitrogens is 1. The quantitative estimate of drug-likeness (QED) is 0.505. The van der Waals surface area contributed by atoms with Crippen molar-refractivity contribution in [2.24, 2.45) is 0 Å². The highest BCUT2D eigenvalue weighted by atomic mass is 16.5. The summed E-state index contributed by atoms with van der Waals surface area (Å²) in [7, 11) is 0. The lowest BCUT2D eigenvalue weighted by Crippen LogP contribution is -2.43. The molecule has 0 aliphatic rings. The number of nitrogens with one attached hydrogen (secondary N) is 1. The maximum atomic E-state index is 13.1. The first-order valence-electron chi connectivity index (χ1n) is 11.0. The van der Waals surface area contributed by atoms with E-state index in [-0.39, 0.29) is 18.1 Å². The summed E-state index contributed by atoms with van der Waals surface area (Å²) < 4.78 is 7.06. The lowest BCUT2D eigenvalue weighted by Gasteiger charge is -2.24. The van der Waals surface area contributed by atoms with Crippen molar-refractivity contribution < 1.29 is 9.53 Å². The first-order chi connectivity index (χ1) is 15.5. The van der Waals surface area contributed by atoms with E-state index in [4.69, 9.17) is 10.5 Å². The number of nitrogens with zero attached hydrogens (tertiary/aromatic N) is 2. The maximum Gasteiger partial charge on any atom is 0.330 e. The van der Waals surface area contributed by atoms with Crippen molar-refractivity contribution in [1.29, 1.82) is 0 Å². The average molecular weight is 439 g/mol. The van der Waals surface area contributed by atoms with Gasteiger partial charge in [-0.05, 0) is 35.7 Å². The van der Waals surface area contributed by atoms with Crippen LogP contribution >= 0.6 is 0 Å². The predicted molar refractivity (Wildman–Crippen MR) is 127 cm³/mol. The number of unbranched alkanes of at least 4 members (excludes halogenated alkanes) is 2. The standard InChI is InChI=1S/C24H30N4O4/c1-3-5-13-27(21-22(25)28(14-6-4-2)24(31)26-23(21)30)20(29)16-32-19-12-11-17-9-7-8-10-18(17)15-19/h7-12,15H,3-6,13-14,16,25H2,1-2H3,(H,26,30,31). The van der Waals surface area contributed by atoms with Crippen LogP contribution in [0.3, 0.4) is 0 Å². The number of benzene rings is 2. The molecular weight excluding hydrogens is 408 g/mol. The highest BCUT2D eigenvalue weighted by molar-refractivity contribution is 5.96. The van der Waals surface area contributed by atoms with Crippen LogP contribution in [0.1, 0.15) is 39.5 Å². The summed E-state index contributed by atoms with van der Waals surface area (Å²) >= 11 is 0. The summed E-state index contributed by atoms with van der Waals surface area (Å²) in [5, 5.41) is 2.08. The van der Waals surface area contributed by atoms with Crippen molar-refractivity contribution in [3.8, 4) is 5.75 Å². The van der Waals surface area contributed by atoms with Gasteiger partial charge in [-0.2, -0.15) is 0 Å². The number of carbonyl (C=O) groups excluding carboxylic acids is 1. The molecule has 0 spiro atoms. The first-order valence-corrected chi connectivity index (χ1v) is 11.0. The van der Waals surface area contributed by atoms with Crippen molar-refractivity contribution in [3.63, 3.8) is 0 Å². The molecule has 0 aliphatic carbocycles. The third kappa shape index (κ3) is 5.19. The van der Waals surface area contributed by atoms with Crippen LogP contribution < -0.4 is 26.6 Å². The number of aromatic amines is 1. The van der Waals surface area contributed by atoms with Gasteiger partial charge in [-0.15, -0.1) is 0 Å². The first kappa shape index (κ1) is 23.1. The average Bonchev–Trinajstić information content (AvgIpc) is 2.79. The van der Waals surface area contributed by atoms with Gasteiger partial charge >= 0.3 is 5.69 Å². The van der Waals surface area contributed by atoms with E-state index in [1.54, 1.807) is 6.07 Å². The number of carbonyl (C=O) groups is 1. The molecule has 170 valence electrons. The fraction of sp³-hybridized carbons (Fsp3) is 0.375. The maximum absolute atomic E-state index is 13.1. The molecule has 0 radical (unpaired) electrons. The zero-order chi connectivity index (χ0) is 23.1. The minimum atomic E-state index is -0.671. The second-order valence-corrected chi connectivity index (χ2v) is 7.69. The lowest BCUT2D eigenvalue weighted by atomic mass is 10.1. The normalized spacial score (nSPS) is 10.9. The Morgan fingerprint density at radius 1 is 1.06 bits per heavy atom. The van der Waals surface area contributed by atoms with E-state index in [1.807, 2.05) is 50.2 Å². The summed E-state index contributed by atoms with van der Waals surface area (Å²) in [5.41, 5.74) is 4.97. The van der Waals surface area contributed by atoms with Crippen LogP contribution in [0.15, 0.2) is 52.1 Å². The Bertz CT molecular complexity index is 1200. The second-order valence-electron chi connectivity index (χ2n) is 7.69. The van der Waals surface area contributed by atoms with E-state index in [9.17, 15) is 14.4 Å². The molecule has 0 fully saturated rings. The second kappa shape index (κ2) is 10.7. The van der Waals surface area contributed by atoms with E-state index >= 15 is 0 Å². The molecule has 0 unspecified atom stereocenters. The van der Waals surface area contributed by atoms with Crippen molar-refractivity contribution in [3.05, 3.63) is 63.3 Å². The van der Waals surface area contributed by atoms with Gasteiger partial charge in [-0.3, -0.25) is 19.1 Å². The third-order valence-electron chi connectivity index (χ3n) is 5.34. The van der Waals surface area contributed by atoms with Crippen molar-refractivity contribution in [1.82, 2.24) is 9.55 Å². The van der Waals surface area contributed by atoms with Crippen LogP contribution in [0.5, 0.6) is 5.75 Å². The molecule has 8 nitrogen and oxygen atoms in total. The van der Waals surface area contributed by atoms with Crippen LogP contribution in [-0.4, -0.2) is 28.6 Å².